The van der Waals surface area contributed by atoms with Crippen molar-refractivity contribution in [3.8, 4) is 0 Å². The van der Waals surface area contributed by atoms with E-state index in [-0.39, 0.29) is 5.91 Å². The Kier molecular flexibility index (Phi) is 4.45. The van der Waals surface area contributed by atoms with Gasteiger partial charge >= 0.3 is 0 Å². The SMILES string of the molecule is CCS(=O)c1ncc(C(=O)NCCC23CCC(CC2)C3)s1. The van der Waals surface area contributed by atoms with Gasteiger partial charge in [-0.25, -0.2) is 4.98 Å². The molecular weight excluding hydrogens is 304 g/mol. The van der Waals surface area contributed by atoms with Gasteiger partial charge in [-0.15, -0.1) is 11.3 Å². The second-order valence-electron chi connectivity index (χ2n) is 6.28. The van der Waals surface area contributed by atoms with Crippen LogP contribution in [0.5, 0.6) is 0 Å². The average Bonchev–Trinajstić information content (AvgIpc) is 3.21. The van der Waals surface area contributed by atoms with Gasteiger partial charge in [0.05, 0.1) is 17.0 Å². The van der Waals surface area contributed by atoms with E-state index in [0.29, 0.717) is 20.4 Å². The van der Waals surface area contributed by atoms with Crippen molar-refractivity contribution in [2.75, 3.05) is 12.3 Å². The number of aromatic nitrogens is 1. The number of amides is 1. The largest absolute Gasteiger partial charge is 0.351 e. The second kappa shape index (κ2) is 6.16. The fraction of sp³-hybridized carbons (Fsp3) is 0.733. The number of hydrogen-bond acceptors (Lipinski definition) is 4. The first kappa shape index (κ1) is 15.2. The summed E-state index contributed by atoms with van der Waals surface area (Å²) in [5, 5.41) is 3.01. The Morgan fingerprint density at radius 1 is 1.52 bits per heavy atom. The van der Waals surface area contributed by atoms with E-state index < -0.39 is 10.8 Å². The summed E-state index contributed by atoms with van der Waals surface area (Å²) in [6.07, 6.45) is 9.46. The molecule has 116 valence electrons. The molecule has 0 spiro atoms. The number of rotatable bonds is 6. The zero-order valence-electron chi connectivity index (χ0n) is 12.4. The summed E-state index contributed by atoms with van der Waals surface area (Å²) in [7, 11) is -1.07. The minimum Gasteiger partial charge on any atom is -0.351 e. The van der Waals surface area contributed by atoms with Crippen LogP contribution in [0.1, 0.15) is 55.1 Å². The standard InChI is InChI=1S/C15H22N2O2S2/c1-2-21(19)14-17-10-12(20-14)13(18)16-8-7-15-5-3-11(9-15)4-6-15/h10-11H,2-9H2,1H3,(H,16,18). The summed E-state index contributed by atoms with van der Waals surface area (Å²) in [6, 6.07) is 0. The molecule has 3 rings (SSSR count). The Hall–Kier alpha value is -0.750. The number of thiazole rings is 1. The third kappa shape index (κ3) is 3.21. The normalized spacial score (nSPS) is 28.7. The summed E-state index contributed by atoms with van der Waals surface area (Å²) in [5.41, 5.74) is 0.514. The highest BCUT2D eigenvalue weighted by Gasteiger charge is 2.44. The molecule has 0 aromatic carbocycles. The number of carbonyl (C=O) groups is 1. The molecule has 4 nitrogen and oxygen atoms in total. The van der Waals surface area contributed by atoms with Crippen LogP contribution in [0.3, 0.4) is 0 Å². The van der Waals surface area contributed by atoms with E-state index in [9.17, 15) is 9.00 Å². The molecule has 0 aliphatic heterocycles. The van der Waals surface area contributed by atoms with E-state index in [1.165, 1.54) is 43.4 Å². The molecule has 0 saturated heterocycles. The fourth-order valence-corrected chi connectivity index (χ4v) is 5.76. The van der Waals surface area contributed by atoms with Crippen LogP contribution in [0, 0.1) is 11.3 Å². The van der Waals surface area contributed by atoms with Crippen LogP contribution < -0.4 is 5.32 Å². The summed E-state index contributed by atoms with van der Waals surface area (Å²) < 4.78 is 12.2. The topological polar surface area (TPSA) is 59.1 Å². The van der Waals surface area contributed by atoms with Crippen molar-refractivity contribution in [1.29, 1.82) is 0 Å². The molecule has 1 heterocycles. The summed E-state index contributed by atoms with van der Waals surface area (Å²) in [4.78, 5) is 16.8. The molecule has 1 N–H and O–H groups in total. The second-order valence-corrected chi connectivity index (χ2v) is 9.22. The molecule has 0 radical (unpaired) electrons. The minimum atomic E-state index is -1.07. The maximum absolute atomic E-state index is 12.1. The molecule has 1 aromatic rings. The summed E-state index contributed by atoms with van der Waals surface area (Å²) in [5.74, 6) is 1.42. The van der Waals surface area contributed by atoms with Crippen molar-refractivity contribution >= 4 is 28.0 Å². The number of fused-ring (bicyclic) bond motifs is 2. The highest BCUT2D eigenvalue weighted by molar-refractivity contribution is 7.87. The van der Waals surface area contributed by atoms with Crippen molar-refractivity contribution in [3.05, 3.63) is 11.1 Å². The summed E-state index contributed by atoms with van der Waals surface area (Å²) in [6.45, 7) is 2.60. The van der Waals surface area contributed by atoms with Gasteiger partial charge in [0.25, 0.3) is 5.91 Å². The first-order chi connectivity index (χ1) is 10.1. The van der Waals surface area contributed by atoms with Gasteiger partial charge in [-0.05, 0) is 49.9 Å². The van der Waals surface area contributed by atoms with Crippen LogP contribution in [0.15, 0.2) is 10.5 Å². The first-order valence-corrected chi connectivity index (χ1v) is 9.88. The van der Waals surface area contributed by atoms with Crippen molar-refractivity contribution in [2.24, 2.45) is 11.3 Å². The van der Waals surface area contributed by atoms with Crippen molar-refractivity contribution in [3.63, 3.8) is 0 Å². The lowest BCUT2D eigenvalue weighted by atomic mass is 9.81. The predicted octanol–water partition coefficient (Wildman–Crippen LogP) is 2.97. The van der Waals surface area contributed by atoms with E-state index in [0.717, 1.165) is 18.9 Å². The van der Waals surface area contributed by atoms with Crippen molar-refractivity contribution in [1.82, 2.24) is 10.3 Å². The third-order valence-electron chi connectivity index (χ3n) is 4.99. The Balaban J connectivity index is 1.50. The molecule has 1 aromatic heterocycles. The first-order valence-electron chi connectivity index (χ1n) is 7.74. The van der Waals surface area contributed by atoms with Crippen LogP contribution in [0.25, 0.3) is 0 Å². The molecule has 2 aliphatic carbocycles. The van der Waals surface area contributed by atoms with E-state index in [2.05, 4.69) is 10.3 Å². The van der Waals surface area contributed by atoms with Crippen molar-refractivity contribution in [2.45, 2.75) is 49.8 Å². The Labute approximate surface area is 132 Å². The minimum absolute atomic E-state index is 0.0733. The average molecular weight is 326 g/mol. The molecule has 1 amide bonds. The smallest absolute Gasteiger partial charge is 0.263 e. The monoisotopic (exact) mass is 326 g/mol. The van der Waals surface area contributed by atoms with Gasteiger partial charge in [0.15, 0.2) is 4.34 Å². The lowest BCUT2D eigenvalue weighted by Crippen LogP contribution is -2.28. The van der Waals surface area contributed by atoms with E-state index >= 15 is 0 Å². The van der Waals surface area contributed by atoms with Gasteiger partial charge in [0, 0.05) is 12.3 Å². The Morgan fingerprint density at radius 2 is 2.29 bits per heavy atom. The van der Waals surface area contributed by atoms with Gasteiger partial charge in [-0.1, -0.05) is 6.92 Å². The zero-order chi connectivity index (χ0) is 14.9. The number of nitrogens with one attached hydrogen (secondary N) is 1. The maximum Gasteiger partial charge on any atom is 0.263 e. The third-order valence-corrected chi connectivity index (χ3v) is 7.61. The quantitative estimate of drug-likeness (QED) is 0.874. The molecule has 1 unspecified atom stereocenters. The van der Waals surface area contributed by atoms with Crippen LogP contribution in [0.2, 0.25) is 0 Å². The van der Waals surface area contributed by atoms with E-state index in [1.807, 2.05) is 6.92 Å². The van der Waals surface area contributed by atoms with E-state index in [1.54, 1.807) is 6.20 Å². The van der Waals surface area contributed by atoms with Crippen LogP contribution in [-0.4, -0.2) is 27.4 Å². The fourth-order valence-electron chi connectivity index (χ4n) is 3.78. The molecule has 2 aliphatic rings. The Bertz CT molecular complexity index is 548. The summed E-state index contributed by atoms with van der Waals surface area (Å²) >= 11 is 1.25. The molecule has 2 fully saturated rings. The van der Waals surface area contributed by atoms with Crippen LogP contribution in [0.4, 0.5) is 0 Å². The highest BCUT2D eigenvalue weighted by Crippen LogP contribution is 2.55. The van der Waals surface area contributed by atoms with Crippen LogP contribution in [-0.2, 0) is 10.8 Å². The van der Waals surface area contributed by atoms with Gasteiger partial charge in [-0.3, -0.25) is 9.00 Å². The van der Waals surface area contributed by atoms with Gasteiger partial charge in [-0.2, -0.15) is 0 Å². The molecule has 2 saturated carbocycles. The molecule has 6 heteroatoms. The van der Waals surface area contributed by atoms with Crippen LogP contribution >= 0.6 is 11.3 Å². The number of hydrogen-bond donors (Lipinski definition) is 1. The maximum atomic E-state index is 12.1. The lowest BCUT2D eigenvalue weighted by Gasteiger charge is -2.26. The molecule has 1 atom stereocenters. The predicted molar refractivity (Wildman–Crippen MR) is 85.0 cm³/mol. The highest BCUT2D eigenvalue weighted by atomic mass is 32.2. The zero-order valence-corrected chi connectivity index (χ0v) is 14.0. The lowest BCUT2D eigenvalue weighted by molar-refractivity contribution is 0.0950. The van der Waals surface area contributed by atoms with Gasteiger partial charge in [0.1, 0.15) is 4.88 Å². The molecular formula is C15H22N2O2S2. The number of carbonyl (C=O) groups excluding carboxylic acids is 1. The van der Waals surface area contributed by atoms with Crippen molar-refractivity contribution < 1.29 is 9.00 Å². The van der Waals surface area contributed by atoms with Gasteiger partial charge < -0.3 is 5.32 Å². The molecule has 2 bridgehead atoms. The Morgan fingerprint density at radius 3 is 2.90 bits per heavy atom. The van der Waals surface area contributed by atoms with Gasteiger partial charge in [0.2, 0.25) is 0 Å². The number of nitrogens with zero attached hydrogens (tertiary/aromatic N) is 1. The van der Waals surface area contributed by atoms with E-state index in [4.69, 9.17) is 0 Å². The molecule has 21 heavy (non-hydrogen) atoms.